The summed E-state index contributed by atoms with van der Waals surface area (Å²) in [6.07, 6.45) is 1.24. The molecule has 1 heterocycles. The van der Waals surface area contributed by atoms with E-state index in [1.165, 1.54) is 18.4 Å². The fourth-order valence-electron chi connectivity index (χ4n) is 1.41. The second-order valence-corrected chi connectivity index (χ2v) is 4.83. The van der Waals surface area contributed by atoms with Crippen molar-refractivity contribution >= 4 is 33.5 Å². The summed E-state index contributed by atoms with van der Waals surface area (Å²) in [4.78, 5) is 10.8. The highest BCUT2D eigenvalue weighted by Crippen LogP contribution is 2.31. The summed E-state index contributed by atoms with van der Waals surface area (Å²) in [5.41, 5.74) is 0.340. The zero-order chi connectivity index (χ0) is 14.0. The van der Waals surface area contributed by atoms with Gasteiger partial charge in [0.05, 0.1) is 15.8 Å². The van der Waals surface area contributed by atoms with E-state index in [4.69, 9.17) is 25.9 Å². The Bertz CT molecular complexity index is 626. The molecule has 4 nitrogen and oxygen atoms in total. The quantitative estimate of drug-likeness (QED) is 0.844. The van der Waals surface area contributed by atoms with Gasteiger partial charge in [0, 0.05) is 11.6 Å². The maximum Gasteiger partial charge on any atom is 0.372 e. The van der Waals surface area contributed by atoms with Gasteiger partial charge in [0.25, 0.3) is 0 Å². The summed E-state index contributed by atoms with van der Waals surface area (Å²) in [5, 5.41) is 9.06. The van der Waals surface area contributed by atoms with Crippen LogP contribution in [-0.4, -0.2) is 11.1 Å². The number of carboxylic acid groups (broad SMARTS) is 1. The third-order valence-corrected chi connectivity index (χ3v) is 3.20. The first-order chi connectivity index (χ1) is 8.99. The molecule has 0 atom stereocenters. The monoisotopic (exact) mass is 348 g/mol. The van der Waals surface area contributed by atoms with Crippen molar-refractivity contribution in [1.29, 1.82) is 0 Å². The van der Waals surface area contributed by atoms with Gasteiger partial charge in [0.15, 0.2) is 0 Å². The predicted octanol–water partition coefficient (Wildman–Crippen LogP) is 4.11. The molecular formula is C12H7BrClFO4. The Balaban J connectivity index is 2.17. The first kappa shape index (κ1) is 13.9. The summed E-state index contributed by atoms with van der Waals surface area (Å²) in [5.74, 6) is -1.81. The number of hydrogen-bond donors (Lipinski definition) is 1. The predicted molar refractivity (Wildman–Crippen MR) is 69.1 cm³/mol. The van der Waals surface area contributed by atoms with Gasteiger partial charge >= 0.3 is 5.97 Å². The lowest BCUT2D eigenvalue weighted by Gasteiger charge is -2.08. The summed E-state index contributed by atoms with van der Waals surface area (Å²) in [6, 6.07) is 3.94. The lowest BCUT2D eigenvalue weighted by atomic mass is 10.2. The molecule has 100 valence electrons. The maximum atomic E-state index is 13.3. The Morgan fingerprint density at radius 3 is 2.95 bits per heavy atom. The van der Waals surface area contributed by atoms with Crippen LogP contribution >= 0.6 is 27.5 Å². The van der Waals surface area contributed by atoms with E-state index in [-0.39, 0.29) is 27.6 Å². The van der Waals surface area contributed by atoms with E-state index in [0.717, 1.165) is 6.07 Å². The molecule has 0 spiro atoms. The number of benzene rings is 1. The molecule has 0 saturated heterocycles. The van der Waals surface area contributed by atoms with E-state index in [0.29, 0.717) is 5.56 Å². The van der Waals surface area contributed by atoms with Crippen LogP contribution in [0.2, 0.25) is 5.02 Å². The summed E-state index contributed by atoms with van der Waals surface area (Å²) >= 11 is 8.88. The molecule has 1 N–H and O–H groups in total. The molecule has 0 amide bonds. The van der Waals surface area contributed by atoms with E-state index in [1.807, 2.05) is 0 Å². The lowest BCUT2D eigenvalue weighted by Crippen LogP contribution is -2.03. The Hall–Kier alpha value is -1.53. The molecule has 7 heteroatoms. The van der Waals surface area contributed by atoms with Crippen LogP contribution in [-0.2, 0) is 6.61 Å². The molecule has 1 aromatic heterocycles. The minimum absolute atomic E-state index is 0.0844. The van der Waals surface area contributed by atoms with Crippen molar-refractivity contribution in [3.8, 4) is 5.75 Å². The molecule has 0 aliphatic rings. The molecule has 0 unspecified atom stereocenters. The normalized spacial score (nSPS) is 10.5. The highest BCUT2D eigenvalue weighted by atomic mass is 79.9. The Morgan fingerprint density at radius 2 is 2.26 bits per heavy atom. The number of carbonyl (C=O) groups is 1. The van der Waals surface area contributed by atoms with Gasteiger partial charge in [0.1, 0.15) is 18.2 Å². The van der Waals surface area contributed by atoms with Crippen molar-refractivity contribution in [2.45, 2.75) is 6.61 Å². The smallest absolute Gasteiger partial charge is 0.372 e. The number of carboxylic acids is 1. The fourth-order valence-corrected chi connectivity index (χ4v) is 2.10. The zero-order valence-corrected chi connectivity index (χ0v) is 11.7. The van der Waals surface area contributed by atoms with Crippen LogP contribution < -0.4 is 4.74 Å². The zero-order valence-electron chi connectivity index (χ0n) is 9.32. The van der Waals surface area contributed by atoms with Crippen molar-refractivity contribution in [3.05, 3.63) is 51.1 Å². The minimum Gasteiger partial charge on any atom is -0.487 e. The lowest BCUT2D eigenvalue weighted by molar-refractivity contribution is 0.0658. The molecular weight excluding hydrogens is 342 g/mol. The van der Waals surface area contributed by atoms with Crippen LogP contribution in [0, 0.1) is 5.82 Å². The van der Waals surface area contributed by atoms with Gasteiger partial charge in [-0.2, -0.15) is 0 Å². The number of aromatic carboxylic acids is 1. The van der Waals surface area contributed by atoms with Crippen molar-refractivity contribution < 1.29 is 23.4 Å². The average Bonchev–Trinajstić information content (AvgIpc) is 2.80. The second-order valence-electron chi connectivity index (χ2n) is 3.57. The largest absolute Gasteiger partial charge is 0.487 e. The third-order valence-electron chi connectivity index (χ3n) is 2.30. The van der Waals surface area contributed by atoms with Crippen LogP contribution in [0.3, 0.4) is 0 Å². The van der Waals surface area contributed by atoms with Crippen molar-refractivity contribution in [2.24, 2.45) is 0 Å². The van der Waals surface area contributed by atoms with Gasteiger partial charge in [-0.3, -0.25) is 0 Å². The van der Waals surface area contributed by atoms with E-state index >= 15 is 0 Å². The number of hydrogen-bond acceptors (Lipinski definition) is 3. The van der Waals surface area contributed by atoms with Crippen molar-refractivity contribution in [1.82, 2.24) is 0 Å². The van der Waals surface area contributed by atoms with Gasteiger partial charge < -0.3 is 14.3 Å². The molecule has 2 rings (SSSR count). The van der Waals surface area contributed by atoms with Gasteiger partial charge in [0.2, 0.25) is 5.76 Å². The maximum absolute atomic E-state index is 13.3. The van der Waals surface area contributed by atoms with Crippen molar-refractivity contribution in [3.63, 3.8) is 0 Å². The van der Waals surface area contributed by atoms with Crippen LogP contribution in [0.5, 0.6) is 5.75 Å². The summed E-state index contributed by atoms with van der Waals surface area (Å²) in [7, 11) is 0. The van der Waals surface area contributed by atoms with Gasteiger partial charge in [-0.05, 0) is 28.1 Å². The van der Waals surface area contributed by atoms with E-state index in [1.54, 1.807) is 0 Å². The van der Waals surface area contributed by atoms with Crippen LogP contribution in [0.4, 0.5) is 4.39 Å². The highest BCUT2D eigenvalue weighted by molar-refractivity contribution is 9.10. The third kappa shape index (κ3) is 3.08. The Morgan fingerprint density at radius 1 is 1.53 bits per heavy atom. The molecule has 1 aromatic carbocycles. The Kier molecular flexibility index (Phi) is 4.11. The summed E-state index contributed by atoms with van der Waals surface area (Å²) < 4.78 is 23.6. The SMILES string of the molecule is O=C(O)c1occc1COc1cc(F)c(Br)cc1Cl. The summed E-state index contributed by atoms with van der Waals surface area (Å²) in [6.45, 7) is -0.0844. The Labute approximate surface area is 120 Å². The molecule has 0 radical (unpaired) electrons. The number of furan rings is 1. The number of ether oxygens (including phenoxy) is 1. The highest BCUT2D eigenvalue weighted by Gasteiger charge is 2.15. The standard InChI is InChI=1S/C12H7BrClFO4/c13-7-3-8(14)10(4-9(7)15)19-5-6-1-2-18-11(6)12(16)17/h1-4H,5H2,(H,16,17). The first-order valence-electron chi connectivity index (χ1n) is 5.06. The molecule has 2 aromatic rings. The van der Waals surface area contributed by atoms with Crippen LogP contribution in [0.1, 0.15) is 16.1 Å². The fraction of sp³-hybridized carbons (Fsp3) is 0.0833. The van der Waals surface area contributed by atoms with Gasteiger partial charge in [-0.1, -0.05) is 11.6 Å². The second kappa shape index (κ2) is 5.63. The van der Waals surface area contributed by atoms with Gasteiger partial charge in [-0.15, -0.1) is 0 Å². The van der Waals surface area contributed by atoms with E-state index in [2.05, 4.69) is 15.9 Å². The van der Waals surface area contributed by atoms with E-state index in [9.17, 15) is 9.18 Å². The van der Waals surface area contributed by atoms with Crippen molar-refractivity contribution in [2.75, 3.05) is 0 Å². The molecule has 0 aliphatic carbocycles. The molecule has 19 heavy (non-hydrogen) atoms. The average molecular weight is 350 g/mol. The molecule has 0 aliphatic heterocycles. The van der Waals surface area contributed by atoms with E-state index < -0.39 is 11.8 Å². The minimum atomic E-state index is -1.20. The topological polar surface area (TPSA) is 59.7 Å². The van der Waals surface area contributed by atoms with Crippen LogP contribution in [0.25, 0.3) is 0 Å². The molecule has 0 bridgehead atoms. The number of rotatable bonds is 4. The number of halogens is 3. The van der Waals surface area contributed by atoms with Crippen LogP contribution in [0.15, 0.2) is 33.4 Å². The molecule has 0 fully saturated rings. The van der Waals surface area contributed by atoms with Gasteiger partial charge in [-0.25, -0.2) is 9.18 Å². The first-order valence-corrected chi connectivity index (χ1v) is 6.23. The molecule has 0 saturated carbocycles.